The fourth-order valence-electron chi connectivity index (χ4n) is 1.22. The molecule has 0 heterocycles. The lowest BCUT2D eigenvalue weighted by Gasteiger charge is -2.42. The molecule has 0 aliphatic rings. The lowest BCUT2D eigenvalue weighted by molar-refractivity contribution is 0.0368. The Labute approximate surface area is 85.3 Å². The van der Waals surface area contributed by atoms with E-state index < -0.39 is 14.0 Å². The van der Waals surface area contributed by atoms with Crippen LogP contribution in [0, 0.1) is 5.41 Å². The highest BCUT2D eigenvalue weighted by molar-refractivity contribution is 14.1. The number of halogens is 1. The largest absolute Gasteiger partial charge is 0.392 e. The van der Waals surface area contributed by atoms with Crippen molar-refractivity contribution < 1.29 is 5.11 Å². The molecule has 11 heavy (non-hydrogen) atoms. The van der Waals surface area contributed by atoms with Crippen molar-refractivity contribution in [2.24, 2.45) is 5.41 Å². The Morgan fingerprint density at radius 1 is 1.27 bits per heavy atom. The maximum atomic E-state index is 10.3. The van der Waals surface area contributed by atoms with Gasteiger partial charge in [-0.05, 0) is 5.41 Å². The van der Waals surface area contributed by atoms with Crippen LogP contribution in [0.2, 0.25) is 13.1 Å². The zero-order valence-electron chi connectivity index (χ0n) is 8.11. The Balaban J connectivity index is 4.61. The molecule has 1 nitrogen and oxygen atoms in total. The Kier molecular flexibility index (Phi) is 4.05. The molecule has 0 radical (unpaired) electrons. The molecule has 0 aromatic heterocycles. The summed E-state index contributed by atoms with van der Waals surface area (Å²) in [5.74, 6) is 0. The summed E-state index contributed by atoms with van der Waals surface area (Å²) in [6.45, 7) is 10.8. The molecular weight excluding hydrogens is 267 g/mol. The molecule has 0 aliphatic heterocycles. The SMILES string of the molecule is C[SiH](C)C(O)(CI)C(C)(C)C. The van der Waals surface area contributed by atoms with Crippen molar-refractivity contribution >= 4 is 31.4 Å². The quantitative estimate of drug-likeness (QED) is 0.469. The van der Waals surface area contributed by atoms with Gasteiger partial charge in [0.05, 0.1) is 14.0 Å². The third kappa shape index (κ3) is 2.42. The zero-order valence-corrected chi connectivity index (χ0v) is 11.4. The highest BCUT2D eigenvalue weighted by Gasteiger charge is 2.41. The minimum atomic E-state index is -0.977. The molecule has 0 spiro atoms. The Morgan fingerprint density at radius 2 is 1.64 bits per heavy atom. The average molecular weight is 286 g/mol. The predicted molar refractivity (Wildman–Crippen MR) is 62.2 cm³/mol. The molecular formula is C8H19IOSi. The summed E-state index contributed by atoms with van der Waals surface area (Å²) in [4.78, 5) is 0. The second-order valence-electron chi connectivity index (χ2n) is 4.46. The minimum Gasteiger partial charge on any atom is -0.392 e. The predicted octanol–water partition coefficient (Wildman–Crippen LogP) is 2.22. The fourth-order valence-corrected chi connectivity index (χ4v) is 7.05. The third-order valence-electron chi connectivity index (χ3n) is 2.46. The van der Waals surface area contributed by atoms with Gasteiger partial charge in [-0.3, -0.25) is 0 Å². The smallest absolute Gasteiger partial charge is 0.0708 e. The zero-order chi connectivity index (χ0) is 9.28. The van der Waals surface area contributed by atoms with Gasteiger partial charge in [0, 0.05) is 4.43 Å². The van der Waals surface area contributed by atoms with E-state index in [1.807, 2.05) is 0 Å². The van der Waals surface area contributed by atoms with Crippen LogP contribution < -0.4 is 0 Å². The van der Waals surface area contributed by atoms with E-state index in [1.54, 1.807) is 0 Å². The van der Waals surface area contributed by atoms with Crippen LogP contribution in [0.3, 0.4) is 0 Å². The van der Waals surface area contributed by atoms with Gasteiger partial charge in [-0.15, -0.1) is 0 Å². The summed E-state index contributed by atoms with van der Waals surface area (Å²) in [6.07, 6.45) is 0. The van der Waals surface area contributed by atoms with Gasteiger partial charge >= 0.3 is 0 Å². The molecule has 0 aliphatic carbocycles. The summed E-state index contributed by atoms with van der Waals surface area (Å²) in [7, 11) is -0.977. The van der Waals surface area contributed by atoms with Crippen LogP contribution in [0.1, 0.15) is 20.8 Å². The lowest BCUT2D eigenvalue weighted by atomic mass is 9.89. The van der Waals surface area contributed by atoms with Crippen molar-refractivity contribution in [1.29, 1.82) is 0 Å². The van der Waals surface area contributed by atoms with Crippen LogP contribution in [-0.2, 0) is 0 Å². The monoisotopic (exact) mass is 286 g/mol. The van der Waals surface area contributed by atoms with E-state index in [0.717, 1.165) is 4.43 Å². The first-order valence-electron chi connectivity index (χ1n) is 4.04. The van der Waals surface area contributed by atoms with Gasteiger partial charge in [0.1, 0.15) is 0 Å². The molecule has 1 N–H and O–H groups in total. The molecule has 0 rings (SSSR count). The van der Waals surface area contributed by atoms with Crippen LogP contribution in [-0.4, -0.2) is 23.6 Å². The van der Waals surface area contributed by atoms with Crippen LogP contribution in [0.5, 0.6) is 0 Å². The van der Waals surface area contributed by atoms with Crippen LogP contribution in [0.4, 0.5) is 0 Å². The molecule has 1 unspecified atom stereocenters. The molecule has 0 fully saturated rings. The summed E-state index contributed by atoms with van der Waals surface area (Å²) in [6, 6.07) is 0. The number of hydrogen-bond acceptors (Lipinski definition) is 1. The van der Waals surface area contributed by atoms with Gasteiger partial charge in [-0.2, -0.15) is 0 Å². The maximum absolute atomic E-state index is 10.3. The number of hydrogen-bond donors (Lipinski definition) is 1. The Morgan fingerprint density at radius 3 is 1.64 bits per heavy atom. The van der Waals surface area contributed by atoms with E-state index in [9.17, 15) is 5.11 Å². The highest BCUT2D eigenvalue weighted by Crippen LogP contribution is 2.34. The molecule has 0 saturated carbocycles. The normalized spacial score (nSPS) is 18.5. The van der Waals surface area contributed by atoms with Gasteiger partial charge in [0.15, 0.2) is 0 Å². The van der Waals surface area contributed by atoms with Crippen molar-refractivity contribution in [3.63, 3.8) is 0 Å². The summed E-state index contributed by atoms with van der Waals surface area (Å²) in [5, 5.41) is 9.89. The molecule has 0 saturated heterocycles. The maximum Gasteiger partial charge on any atom is 0.0708 e. The first kappa shape index (κ1) is 11.9. The lowest BCUT2D eigenvalue weighted by Crippen LogP contribution is -2.54. The van der Waals surface area contributed by atoms with Gasteiger partial charge in [-0.25, -0.2) is 0 Å². The van der Waals surface area contributed by atoms with E-state index in [-0.39, 0.29) is 5.41 Å². The second kappa shape index (κ2) is 3.74. The second-order valence-corrected chi connectivity index (χ2v) is 8.49. The standard InChI is InChI=1S/C8H19IOSi/c1-7(2,3)8(10,6-9)11(4)5/h10-11H,6H2,1-5H3. The summed E-state index contributed by atoms with van der Waals surface area (Å²) in [5.41, 5.74) is 0.0363. The molecule has 1 atom stereocenters. The van der Waals surface area contributed by atoms with Gasteiger partial charge < -0.3 is 5.11 Å². The number of rotatable bonds is 2. The van der Waals surface area contributed by atoms with Crippen LogP contribution in [0.15, 0.2) is 0 Å². The van der Waals surface area contributed by atoms with Gasteiger partial charge in [0.2, 0.25) is 0 Å². The Bertz CT molecular complexity index is 131. The highest BCUT2D eigenvalue weighted by atomic mass is 127. The topological polar surface area (TPSA) is 20.2 Å². The van der Waals surface area contributed by atoms with E-state index in [4.69, 9.17) is 0 Å². The van der Waals surface area contributed by atoms with E-state index >= 15 is 0 Å². The molecule has 0 aromatic carbocycles. The third-order valence-corrected chi connectivity index (χ3v) is 7.43. The first-order chi connectivity index (χ1) is 4.75. The van der Waals surface area contributed by atoms with E-state index in [2.05, 4.69) is 56.5 Å². The van der Waals surface area contributed by atoms with Gasteiger partial charge in [-0.1, -0.05) is 56.5 Å². The molecule has 68 valence electrons. The first-order valence-corrected chi connectivity index (χ1v) is 8.45. The molecule has 0 bridgehead atoms. The van der Waals surface area contributed by atoms with E-state index in [1.165, 1.54) is 0 Å². The van der Waals surface area contributed by atoms with Crippen molar-refractivity contribution in [3.8, 4) is 0 Å². The average Bonchev–Trinajstić information content (AvgIpc) is 1.83. The van der Waals surface area contributed by atoms with Crippen molar-refractivity contribution in [3.05, 3.63) is 0 Å². The summed E-state index contributed by atoms with van der Waals surface area (Å²) < 4.78 is 0.859. The van der Waals surface area contributed by atoms with Crippen molar-refractivity contribution in [2.45, 2.75) is 39.1 Å². The van der Waals surface area contributed by atoms with Crippen LogP contribution in [0.25, 0.3) is 0 Å². The molecule has 3 heteroatoms. The van der Waals surface area contributed by atoms with Crippen molar-refractivity contribution in [1.82, 2.24) is 0 Å². The molecule has 0 aromatic rings. The van der Waals surface area contributed by atoms with Gasteiger partial charge in [0.25, 0.3) is 0 Å². The number of aliphatic hydroxyl groups is 1. The van der Waals surface area contributed by atoms with E-state index in [0.29, 0.717) is 0 Å². The minimum absolute atomic E-state index is 0.0363. The number of alkyl halides is 1. The Hall–Kier alpha value is 0.907. The van der Waals surface area contributed by atoms with Crippen LogP contribution >= 0.6 is 22.6 Å². The molecule has 0 amide bonds. The fraction of sp³-hybridized carbons (Fsp3) is 1.00. The van der Waals surface area contributed by atoms with Crippen molar-refractivity contribution in [2.75, 3.05) is 4.43 Å². The summed E-state index contributed by atoms with van der Waals surface area (Å²) >= 11 is 2.29.